The molecule has 0 unspecified atom stereocenters. The lowest BCUT2D eigenvalue weighted by Gasteiger charge is -2.37. The molecule has 3 aromatic rings. The minimum Gasteiger partial charge on any atom is -0.483 e. The van der Waals surface area contributed by atoms with Gasteiger partial charge >= 0.3 is 0 Å². The van der Waals surface area contributed by atoms with Crippen LogP contribution in [0.3, 0.4) is 0 Å². The lowest BCUT2D eigenvalue weighted by Crippen LogP contribution is -2.49. The van der Waals surface area contributed by atoms with Crippen LogP contribution in [0.1, 0.15) is 23.0 Å². The van der Waals surface area contributed by atoms with Gasteiger partial charge in [-0.25, -0.2) is 18.2 Å². The van der Waals surface area contributed by atoms with Crippen molar-refractivity contribution in [2.45, 2.75) is 18.3 Å². The standard InChI is InChI=1S/C22H19F3N4O2S.CH2O2/c1-21(18(26)6-8-31-12-22(21,24)25)15-10-14(3-4-16(15)23)29-19(30)17-5-2-13(11-28-17)20-27-7-9-32-20;2-1-3/h2-7,9-11H,8,12,26H2,1H3,(H,29,30);1H,(H,2,3)/t21-;/m0./s1. The Kier molecular flexibility index (Phi) is 7.87. The van der Waals surface area contributed by atoms with Gasteiger partial charge in [-0.3, -0.25) is 14.6 Å². The molecule has 1 amide bonds. The third-order valence-corrected chi connectivity index (χ3v) is 6.27. The first-order valence-corrected chi connectivity index (χ1v) is 11.0. The van der Waals surface area contributed by atoms with E-state index in [-0.39, 0.29) is 35.7 Å². The number of allylic oxidation sites excluding steroid dienone is 1. The zero-order valence-electron chi connectivity index (χ0n) is 18.4. The molecule has 0 saturated carbocycles. The van der Waals surface area contributed by atoms with Crippen LogP contribution in [0, 0.1) is 5.82 Å². The van der Waals surface area contributed by atoms with E-state index in [4.69, 9.17) is 20.4 Å². The number of aromatic nitrogens is 2. The Labute approximate surface area is 202 Å². The fourth-order valence-electron chi connectivity index (χ4n) is 3.45. The number of halogens is 3. The second kappa shape index (κ2) is 10.7. The summed E-state index contributed by atoms with van der Waals surface area (Å²) in [5, 5.41) is 12.1. The van der Waals surface area contributed by atoms with Gasteiger partial charge in [0.15, 0.2) is 0 Å². The number of benzene rings is 1. The van der Waals surface area contributed by atoms with Gasteiger partial charge in [0.25, 0.3) is 18.3 Å². The minimum atomic E-state index is -3.47. The molecule has 0 spiro atoms. The molecule has 8 nitrogen and oxygen atoms in total. The number of nitrogens with one attached hydrogen (secondary N) is 1. The van der Waals surface area contributed by atoms with Gasteiger partial charge in [-0.05, 0) is 43.3 Å². The van der Waals surface area contributed by atoms with Crippen molar-refractivity contribution in [1.82, 2.24) is 9.97 Å². The molecule has 1 atom stereocenters. The lowest BCUT2D eigenvalue weighted by atomic mass is 9.73. The Hall–Kier alpha value is -3.77. The Morgan fingerprint density at radius 1 is 1.29 bits per heavy atom. The number of anilines is 1. The maximum Gasteiger partial charge on any atom is 0.290 e. The topological polar surface area (TPSA) is 127 Å². The summed E-state index contributed by atoms with van der Waals surface area (Å²) in [6.45, 7) is -0.0970. The molecule has 0 aliphatic carbocycles. The van der Waals surface area contributed by atoms with E-state index >= 15 is 0 Å². The molecule has 184 valence electrons. The molecule has 0 radical (unpaired) electrons. The number of carbonyl (C=O) groups excluding carboxylic acids is 1. The van der Waals surface area contributed by atoms with Crippen molar-refractivity contribution in [2.24, 2.45) is 5.73 Å². The minimum absolute atomic E-state index is 0.0995. The predicted octanol–water partition coefficient (Wildman–Crippen LogP) is 4.06. The van der Waals surface area contributed by atoms with E-state index in [0.29, 0.717) is 0 Å². The fraction of sp³-hybridized carbons (Fsp3) is 0.217. The van der Waals surface area contributed by atoms with Crippen molar-refractivity contribution in [3.63, 3.8) is 0 Å². The Morgan fingerprint density at radius 3 is 2.66 bits per heavy atom. The van der Waals surface area contributed by atoms with Crippen molar-refractivity contribution in [3.05, 3.63) is 77.0 Å². The first kappa shape index (κ1) is 25.8. The van der Waals surface area contributed by atoms with Crippen molar-refractivity contribution >= 4 is 29.4 Å². The van der Waals surface area contributed by atoms with Gasteiger partial charge in [0.2, 0.25) is 0 Å². The summed E-state index contributed by atoms with van der Waals surface area (Å²) in [5.74, 6) is -4.91. The summed E-state index contributed by atoms with van der Waals surface area (Å²) in [5.41, 5.74) is 4.22. The van der Waals surface area contributed by atoms with Gasteiger partial charge in [-0.15, -0.1) is 11.3 Å². The number of ether oxygens (including phenoxy) is 1. The van der Waals surface area contributed by atoms with E-state index in [1.165, 1.54) is 35.7 Å². The quantitative estimate of drug-likeness (QED) is 0.455. The number of thiazole rings is 1. The average Bonchev–Trinajstić information content (AvgIpc) is 3.35. The van der Waals surface area contributed by atoms with Gasteiger partial charge in [-0.1, -0.05) is 0 Å². The number of amides is 1. The number of nitrogens with two attached hydrogens (primary N) is 1. The molecule has 35 heavy (non-hydrogen) atoms. The maximum atomic E-state index is 14.9. The van der Waals surface area contributed by atoms with Crippen molar-refractivity contribution in [3.8, 4) is 10.6 Å². The van der Waals surface area contributed by atoms with Crippen LogP contribution >= 0.6 is 11.3 Å². The average molecular weight is 507 g/mol. The Balaban J connectivity index is 0.00000108. The number of alkyl halides is 2. The van der Waals surface area contributed by atoms with Crippen LogP contribution in [-0.2, 0) is 14.9 Å². The zero-order valence-corrected chi connectivity index (χ0v) is 19.2. The molecule has 0 bridgehead atoms. The van der Waals surface area contributed by atoms with Crippen LogP contribution in [0.4, 0.5) is 18.9 Å². The summed E-state index contributed by atoms with van der Waals surface area (Å²) >= 11 is 1.44. The summed E-state index contributed by atoms with van der Waals surface area (Å²) in [7, 11) is 0. The van der Waals surface area contributed by atoms with Gasteiger partial charge in [0, 0.05) is 40.3 Å². The van der Waals surface area contributed by atoms with E-state index in [1.54, 1.807) is 12.3 Å². The third kappa shape index (κ3) is 5.33. The molecular formula is C23H21F3N4O4S. The monoisotopic (exact) mass is 506 g/mol. The van der Waals surface area contributed by atoms with E-state index in [2.05, 4.69) is 15.3 Å². The lowest BCUT2D eigenvalue weighted by molar-refractivity contribution is -0.122. The van der Waals surface area contributed by atoms with Gasteiger partial charge in [-0.2, -0.15) is 0 Å². The van der Waals surface area contributed by atoms with Crippen molar-refractivity contribution in [2.75, 3.05) is 18.5 Å². The number of hydrogen-bond donors (Lipinski definition) is 3. The maximum absolute atomic E-state index is 14.9. The zero-order chi connectivity index (χ0) is 25.6. The molecular weight excluding hydrogens is 485 g/mol. The van der Waals surface area contributed by atoms with Crippen molar-refractivity contribution < 1.29 is 32.6 Å². The normalized spacial score (nSPS) is 18.9. The van der Waals surface area contributed by atoms with Crippen molar-refractivity contribution in [1.29, 1.82) is 0 Å². The smallest absolute Gasteiger partial charge is 0.290 e. The third-order valence-electron chi connectivity index (χ3n) is 5.45. The number of hydrogen-bond acceptors (Lipinski definition) is 7. The number of pyridine rings is 1. The molecule has 1 aromatic carbocycles. The van der Waals surface area contributed by atoms with Gasteiger partial charge in [0.05, 0.1) is 6.61 Å². The number of rotatable bonds is 4. The van der Waals surface area contributed by atoms with Crippen LogP contribution in [-0.4, -0.2) is 46.6 Å². The van der Waals surface area contributed by atoms with E-state index < -0.39 is 29.7 Å². The van der Waals surface area contributed by atoms with Crippen LogP contribution < -0.4 is 11.1 Å². The molecule has 12 heteroatoms. The van der Waals surface area contributed by atoms with E-state index in [1.807, 2.05) is 5.38 Å². The largest absolute Gasteiger partial charge is 0.483 e. The summed E-state index contributed by atoms with van der Waals surface area (Å²) in [6.07, 6.45) is 4.49. The van der Waals surface area contributed by atoms with E-state index in [9.17, 15) is 18.0 Å². The molecule has 4 rings (SSSR count). The first-order chi connectivity index (χ1) is 16.6. The summed E-state index contributed by atoms with van der Waals surface area (Å²) in [6, 6.07) is 6.70. The fourth-order valence-corrected chi connectivity index (χ4v) is 4.08. The summed E-state index contributed by atoms with van der Waals surface area (Å²) < 4.78 is 49.5. The highest BCUT2D eigenvalue weighted by Crippen LogP contribution is 2.46. The second-order valence-corrected chi connectivity index (χ2v) is 8.42. The Morgan fingerprint density at radius 2 is 2.03 bits per heavy atom. The highest BCUT2D eigenvalue weighted by atomic mass is 32.1. The molecule has 1 aliphatic heterocycles. The highest BCUT2D eigenvalue weighted by Gasteiger charge is 2.55. The van der Waals surface area contributed by atoms with Crippen LogP contribution in [0.25, 0.3) is 10.6 Å². The van der Waals surface area contributed by atoms with Gasteiger partial charge in [0.1, 0.15) is 28.5 Å². The van der Waals surface area contributed by atoms with Crippen LogP contribution in [0.5, 0.6) is 0 Å². The highest BCUT2D eigenvalue weighted by molar-refractivity contribution is 7.13. The molecule has 4 N–H and O–H groups in total. The first-order valence-electron chi connectivity index (χ1n) is 10.1. The second-order valence-electron chi connectivity index (χ2n) is 7.53. The predicted molar refractivity (Wildman–Crippen MR) is 124 cm³/mol. The van der Waals surface area contributed by atoms with Gasteiger partial charge < -0.3 is 20.9 Å². The molecule has 2 aromatic heterocycles. The number of nitrogens with zero attached hydrogens (tertiary/aromatic N) is 2. The molecule has 1 aliphatic rings. The molecule has 0 fully saturated rings. The number of carbonyl (C=O) groups is 2. The molecule has 0 saturated heterocycles. The van der Waals surface area contributed by atoms with Crippen LogP contribution in [0.15, 0.2) is 59.9 Å². The van der Waals surface area contributed by atoms with Crippen LogP contribution in [0.2, 0.25) is 0 Å². The van der Waals surface area contributed by atoms with E-state index in [0.717, 1.165) is 29.6 Å². The summed E-state index contributed by atoms with van der Waals surface area (Å²) in [4.78, 5) is 29.3. The molecule has 3 heterocycles. The number of carboxylic acid groups (broad SMARTS) is 1. The SMILES string of the molecule is C[C@]1(c2cc(NC(=O)c3ccc(-c4nccs4)cn3)ccc2F)C(N)=CCOCC1(F)F.O=CO. The Bertz CT molecular complexity index is 1220.